The van der Waals surface area contributed by atoms with Crippen molar-refractivity contribution >= 4 is 39.1 Å². The van der Waals surface area contributed by atoms with Crippen LogP contribution in [0.5, 0.6) is 0 Å². The molecule has 0 fully saturated rings. The van der Waals surface area contributed by atoms with E-state index in [4.69, 9.17) is 23.2 Å². The van der Waals surface area contributed by atoms with Crippen LogP contribution in [0.15, 0.2) is 23.2 Å². The fourth-order valence-corrected chi connectivity index (χ4v) is 1.63. The molecule has 64 valence electrons. The minimum absolute atomic E-state index is 0.178. The molecule has 0 saturated carbocycles. The van der Waals surface area contributed by atoms with Gasteiger partial charge in [-0.2, -0.15) is 0 Å². The summed E-state index contributed by atoms with van der Waals surface area (Å²) in [5.74, 6) is 0. The third-order valence-electron chi connectivity index (χ3n) is 1.29. The van der Waals surface area contributed by atoms with Gasteiger partial charge in [-0.05, 0) is 18.8 Å². The SMILES string of the molecule is C/C=C\C(Cl)C(C)(Cl)/C=C/Br. The summed E-state index contributed by atoms with van der Waals surface area (Å²) >= 11 is 15.2. The summed E-state index contributed by atoms with van der Waals surface area (Å²) in [4.78, 5) is 1.20. The van der Waals surface area contributed by atoms with Crippen LogP contribution in [-0.2, 0) is 0 Å². The van der Waals surface area contributed by atoms with E-state index in [1.165, 1.54) is 0 Å². The number of hydrogen-bond acceptors (Lipinski definition) is 0. The number of rotatable bonds is 3. The van der Waals surface area contributed by atoms with E-state index in [0.717, 1.165) is 0 Å². The molecule has 2 unspecified atom stereocenters. The molecule has 0 heterocycles. The second-order valence-electron chi connectivity index (χ2n) is 2.37. The van der Waals surface area contributed by atoms with E-state index >= 15 is 0 Å². The van der Waals surface area contributed by atoms with Gasteiger partial charge in [0.25, 0.3) is 0 Å². The van der Waals surface area contributed by atoms with Gasteiger partial charge >= 0.3 is 0 Å². The van der Waals surface area contributed by atoms with Crippen LogP contribution in [0.4, 0.5) is 0 Å². The van der Waals surface area contributed by atoms with Crippen LogP contribution in [0.1, 0.15) is 13.8 Å². The van der Waals surface area contributed by atoms with Crippen molar-refractivity contribution in [3.05, 3.63) is 23.2 Å². The minimum Gasteiger partial charge on any atom is -0.116 e. The summed E-state index contributed by atoms with van der Waals surface area (Å²) < 4.78 is 0. The fraction of sp³-hybridized carbons (Fsp3) is 0.500. The summed E-state index contributed by atoms with van der Waals surface area (Å²) in [5.41, 5.74) is 0. The monoisotopic (exact) mass is 256 g/mol. The number of hydrogen-bond donors (Lipinski definition) is 0. The lowest BCUT2D eigenvalue weighted by Gasteiger charge is -2.20. The fourth-order valence-electron chi connectivity index (χ4n) is 0.572. The molecular weight excluding hydrogens is 247 g/mol. The molecule has 0 aromatic heterocycles. The molecule has 0 nitrogen and oxygen atoms in total. The van der Waals surface area contributed by atoms with E-state index in [1.54, 1.807) is 4.99 Å². The molecule has 0 aliphatic heterocycles. The first-order valence-corrected chi connectivity index (χ1v) is 5.01. The highest BCUT2D eigenvalue weighted by Crippen LogP contribution is 2.27. The Bertz CT molecular complexity index is 161. The van der Waals surface area contributed by atoms with Gasteiger partial charge in [0, 0.05) is 0 Å². The number of allylic oxidation sites excluding steroid dienone is 3. The second-order valence-corrected chi connectivity index (χ2v) is 4.18. The van der Waals surface area contributed by atoms with E-state index < -0.39 is 4.87 Å². The van der Waals surface area contributed by atoms with Crippen LogP contribution in [0.3, 0.4) is 0 Å². The van der Waals surface area contributed by atoms with Gasteiger partial charge in [0.05, 0.1) is 10.3 Å². The summed E-state index contributed by atoms with van der Waals surface area (Å²) in [5, 5.41) is -0.178. The van der Waals surface area contributed by atoms with Crippen molar-refractivity contribution in [3.8, 4) is 0 Å². The molecule has 0 rings (SSSR count). The first-order valence-electron chi connectivity index (χ1n) is 3.28. The van der Waals surface area contributed by atoms with Crippen molar-refractivity contribution in [3.63, 3.8) is 0 Å². The van der Waals surface area contributed by atoms with Crippen LogP contribution in [-0.4, -0.2) is 10.3 Å². The van der Waals surface area contributed by atoms with Gasteiger partial charge in [0.1, 0.15) is 0 Å². The molecule has 0 bridgehead atoms. The van der Waals surface area contributed by atoms with Crippen molar-refractivity contribution in [2.45, 2.75) is 24.1 Å². The predicted octanol–water partition coefficient (Wildman–Crippen LogP) is 4.08. The molecule has 0 N–H and O–H groups in total. The van der Waals surface area contributed by atoms with Gasteiger partial charge in [-0.1, -0.05) is 34.2 Å². The Morgan fingerprint density at radius 1 is 1.55 bits per heavy atom. The first kappa shape index (κ1) is 11.5. The standard InChI is InChI=1S/C8H11BrCl2/c1-3-4-7(10)8(2,11)5-6-9/h3-7H,1-2H3/b4-3-,6-5+. The van der Waals surface area contributed by atoms with E-state index in [0.29, 0.717) is 0 Å². The van der Waals surface area contributed by atoms with Gasteiger partial charge in [-0.25, -0.2) is 0 Å². The quantitative estimate of drug-likeness (QED) is 0.528. The summed E-state index contributed by atoms with van der Waals surface area (Å²) in [6.45, 7) is 3.78. The molecule has 0 aromatic carbocycles. The molecule has 0 radical (unpaired) electrons. The zero-order valence-corrected chi connectivity index (χ0v) is 9.62. The molecule has 0 aromatic rings. The van der Waals surface area contributed by atoms with Gasteiger partial charge in [0.15, 0.2) is 0 Å². The molecule has 0 saturated heterocycles. The Kier molecular flexibility index (Phi) is 5.49. The minimum atomic E-state index is -0.516. The molecule has 0 spiro atoms. The molecular formula is C8H11BrCl2. The molecule has 0 amide bonds. The number of halogens is 3. The Hall–Kier alpha value is 0.540. The third-order valence-corrected chi connectivity index (χ3v) is 2.63. The van der Waals surface area contributed by atoms with Crippen LogP contribution >= 0.6 is 39.1 Å². The van der Waals surface area contributed by atoms with Crippen molar-refractivity contribution < 1.29 is 0 Å². The predicted molar refractivity (Wildman–Crippen MR) is 56.8 cm³/mol. The highest BCUT2D eigenvalue weighted by Gasteiger charge is 2.24. The molecule has 11 heavy (non-hydrogen) atoms. The smallest absolute Gasteiger partial charge is 0.0804 e. The largest absolute Gasteiger partial charge is 0.116 e. The topological polar surface area (TPSA) is 0 Å². The average molecular weight is 258 g/mol. The van der Waals surface area contributed by atoms with Crippen molar-refractivity contribution in [2.24, 2.45) is 0 Å². The second kappa shape index (κ2) is 5.23. The Balaban J connectivity index is 4.28. The summed E-state index contributed by atoms with van der Waals surface area (Å²) in [7, 11) is 0. The van der Waals surface area contributed by atoms with E-state index in [1.807, 2.05) is 32.1 Å². The normalized spacial score (nSPS) is 20.8. The van der Waals surface area contributed by atoms with Crippen LogP contribution in [0.25, 0.3) is 0 Å². The highest BCUT2D eigenvalue weighted by molar-refractivity contribution is 9.11. The van der Waals surface area contributed by atoms with Gasteiger partial charge in [0.2, 0.25) is 0 Å². The van der Waals surface area contributed by atoms with Crippen molar-refractivity contribution in [2.75, 3.05) is 0 Å². The highest BCUT2D eigenvalue weighted by atomic mass is 79.9. The number of alkyl halides is 2. The maximum absolute atomic E-state index is 6.07. The lowest BCUT2D eigenvalue weighted by Crippen LogP contribution is -2.24. The van der Waals surface area contributed by atoms with Crippen molar-refractivity contribution in [1.82, 2.24) is 0 Å². The summed E-state index contributed by atoms with van der Waals surface area (Å²) in [6, 6.07) is 0. The van der Waals surface area contributed by atoms with Crippen LogP contribution in [0, 0.1) is 0 Å². The zero-order valence-electron chi connectivity index (χ0n) is 6.52. The van der Waals surface area contributed by atoms with Gasteiger partial charge in [-0.3, -0.25) is 0 Å². The molecule has 3 heteroatoms. The van der Waals surface area contributed by atoms with E-state index in [2.05, 4.69) is 15.9 Å². The summed E-state index contributed by atoms with van der Waals surface area (Å²) in [6.07, 6.45) is 5.56. The van der Waals surface area contributed by atoms with Crippen LogP contribution in [0.2, 0.25) is 0 Å². The van der Waals surface area contributed by atoms with Crippen LogP contribution < -0.4 is 0 Å². The zero-order chi connectivity index (χ0) is 8.91. The Morgan fingerprint density at radius 2 is 2.09 bits per heavy atom. The lowest BCUT2D eigenvalue weighted by molar-refractivity contribution is 0.800. The van der Waals surface area contributed by atoms with Gasteiger partial charge in [-0.15, -0.1) is 23.2 Å². The molecule has 2 atom stereocenters. The maximum Gasteiger partial charge on any atom is 0.0804 e. The molecule has 0 aliphatic rings. The first-order chi connectivity index (χ1) is 5.04. The van der Waals surface area contributed by atoms with E-state index in [-0.39, 0.29) is 5.38 Å². The Labute approximate surface area is 86.4 Å². The van der Waals surface area contributed by atoms with E-state index in [9.17, 15) is 0 Å². The van der Waals surface area contributed by atoms with Gasteiger partial charge < -0.3 is 0 Å². The third kappa shape index (κ3) is 4.19. The van der Waals surface area contributed by atoms with Crippen molar-refractivity contribution in [1.29, 1.82) is 0 Å². The molecule has 0 aliphatic carbocycles. The lowest BCUT2D eigenvalue weighted by atomic mass is 10.1. The average Bonchev–Trinajstić information content (AvgIpc) is 1.88. The Morgan fingerprint density at radius 3 is 2.45 bits per heavy atom. The maximum atomic E-state index is 6.07.